The Balaban J connectivity index is 2.60. The molecular weight excluding hydrogens is 296 g/mol. The van der Waals surface area contributed by atoms with Gasteiger partial charge < -0.3 is 5.32 Å². The Bertz CT molecular complexity index is 530. The van der Waals surface area contributed by atoms with Crippen molar-refractivity contribution in [3.63, 3.8) is 0 Å². The highest BCUT2D eigenvalue weighted by atomic mass is 32.2. The quantitative estimate of drug-likeness (QED) is 0.740. The fraction of sp³-hybridized carbons (Fsp3) is 0.462. The molecule has 1 rings (SSSR count). The summed E-state index contributed by atoms with van der Waals surface area (Å²) < 4.78 is 21.7. The average Bonchev–Trinajstić information content (AvgIpc) is 2.35. The maximum Gasteiger partial charge on any atom is 0.233 e. The van der Waals surface area contributed by atoms with E-state index in [1.54, 1.807) is 0 Å². The van der Waals surface area contributed by atoms with E-state index in [0.717, 1.165) is 4.90 Å². The van der Waals surface area contributed by atoms with Crippen molar-refractivity contribution in [3.05, 3.63) is 30.3 Å². The van der Waals surface area contributed by atoms with Crippen LogP contribution in [0.3, 0.4) is 0 Å². The Kier molecular flexibility index (Phi) is 6.51. The van der Waals surface area contributed by atoms with Crippen LogP contribution in [0.15, 0.2) is 35.2 Å². The van der Waals surface area contributed by atoms with Gasteiger partial charge in [-0.2, -0.15) is 0 Å². The normalized spacial score (nSPS) is 13.2. The van der Waals surface area contributed by atoms with E-state index in [1.165, 1.54) is 11.8 Å². The summed E-state index contributed by atoms with van der Waals surface area (Å²) in [6.45, 7) is 3.95. The number of thioether (sulfide) groups is 1. The number of benzene rings is 1. The average molecular weight is 316 g/mol. The molecule has 0 spiro atoms. The van der Waals surface area contributed by atoms with Gasteiger partial charge in [-0.3, -0.25) is 4.79 Å². The zero-order valence-corrected chi connectivity index (χ0v) is 13.2. The van der Waals surface area contributed by atoms with Crippen molar-refractivity contribution in [2.24, 2.45) is 11.1 Å². The predicted octanol–water partition coefficient (Wildman–Crippen LogP) is 1.21. The molecule has 0 saturated carbocycles. The summed E-state index contributed by atoms with van der Waals surface area (Å²) in [4.78, 5) is 13.1. The van der Waals surface area contributed by atoms with Crippen molar-refractivity contribution >= 4 is 27.7 Å². The van der Waals surface area contributed by atoms with Crippen LogP contribution in [0.4, 0.5) is 0 Å². The highest BCUT2D eigenvalue weighted by Gasteiger charge is 2.23. The van der Waals surface area contributed by atoms with Crippen molar-refractivity contribution in [2.75, 3.05) is 12.3 Å². The van der Waals surface area contributed by atoms with Gasteiger partial charge in [0.15, 0.2) is 0 Å². The Labute approximate surface area is 124 Å². The molecule has 0 radical (unpaired) electrons. The van der Waals surface area contributed by atoms with Gasteiger partial charge in [0, 0.05) is 11.4 Å². The van der Waals surface area contributed by atoms with Gasteiger partial charge in [-0.25, -0.2) is 13.6 Å². The molecule has 0 aromatic heterocycles. The van der Waals surface area contributed by atoms with Crippen molar-refractivity contribution in [1.29, 1.82) is 0 Å². The summed E-state index contributed by atoms with van der Waals surface area (Å²) in [5.41, 5.74) is 0. The first-order chi connectivity index (χ1) is 9.29. The van der Waals surface area contributed by atoms with Gasteiger partial charge >= 0.3 is 0 Å². The molecule has 7 heteroatoms. The second-order valence-electron chi connectivity index (χ2n) is 4.75. The molecule has 1 atom stereocenters. The number of rotatable bonds is 7. The summed E-state index contributed by atoms with van der Waals surface area (Å²) in [7, 11) is -3.55. The van der Waals surface area contributed by atoms with E-state index in [0.29, 0.717) is 0 Å². The van der Waals surface area contributed by atoms with Gasteiger partial charge in [-0.15, -0.1) is 11.8 Å². The predicted molar refractivity (Wildman–Crippen MR) is 81.9 cm³/mol. The fourth-order valence-electron chi connectivity index (χ4n) is 1.56. The lowest BCUT2D eigenvalue weighted by molar-refractivity contribution is -0.121. The number of amides is 1. The van der Waals surface area contributed by atoms with Gasteiger partial charge in [0.1, 0.15) is 0 Å². The number of nitrogens with one attached hydrogen (secondary N) is 1. The number of hydrogen-bond donors (Lipinski definition) is 2. The molecule has 1 aromatic carbocycles. The lowest BCUT2D eigenvalue weighted by Gasteiger charge is -2.19. The zero-order chi connectivity index (χ0) is 15.2. The van der Waals surface area contributed by atoms with E-state index in [2.05, 4.69) is 5.32 Å². The van der Waals surface area contributed by atoms with Crippen molar-refractivity contribution in [1.82, 2.24) is 5.32 Å². The molecule has 0 bridgehead atoms. The number of primary sulfonamides is 1. The third-order valence-electron chi connectivity index (χ3n) is 2.56. The fourth-order valence-corrected chi connectivity index (χ4v) is 3.01. The Morgan fingerprint density at radius 2 is 1.90 bits per heavy atom. The minimum absolute atomic E-state index is 0.0379. The summed E-state index contributed by atoms with van der Waals surface area (Å²) in [6, 6.07) is 9.63. The van der Waals surface area contributed by atoms with Crippen LogP contribution in [0.2, 0.25) is 0 Å². The van der Waals surface area contributed by atoms with Crippen LogP contribution >= 0.6 is 11.8 Å². The minimum Gasteiger partial charge on any atom is -0.354 e. The molecule has 20 heavy (non-hydrogen) atoms. The minimum atomic E-state index is -3.55. The lowest BCUT2D eigenvalue weighted by atomic mass is 10.1. The number of carbonyl (C=O) groups excluding carboxylic acids is 1. The largest absolute Gasteiger partial charge is 0.354 e. The first kappa shape index (κ1) is 17.0. The van der Waals surface area contributed by atoms with Crippen LogP contribution in [-0.2, 0) is 14.8 Å². The highest BCUT2D eigenvalue weighted by molar-refractivity contribution is 8.00. The third-order valence-corrected chi connectivity index (χ3v) is 4.89. The number of carbonyl (C=O) groups is 1. The standard InChI is InChI=1S/C13H20N2O3S2/c1-10(2)12(19-11-6-4-3-5-7-11)13(16)15-8-9-20(14,17)18/h3-7,10,12H,8-9H2,1-2H3,(H,15,16)(H2,14,17,18)/t12-/m1/s1. The van der Waals surface area contributed by atoms with Crippen LogP contribution < -0.4 is 10.5 Å². The van der Waals surface area contributed by atoms with Crippen LogP contribution in [0.5, 0.6) is 0 Å². The van der Waals surface area contributed by atoms with Gasteiger partial charge in [0.05, 0.1) is 11.0 Å². The number of hydrogen-bond acceptors (Lipinski definition) is 4. The smallest absolute Gasteiger partial charge is 0.233 e. The molecule has 5 nitrogen and oxygen atoms in total. The Hall–Kier alpha value is -1.05. The molecule has 3 N–H and O–H groups in total. The Morgan fingerprint density at radius 1 is 1.30 bits per heavy atom. The maximum atomic E-state index is 12.1. The van der Waals surface area contributed by atoms with E-state index < -0.39 is 10.0 Å². The second-order valence-corrected chi connectivity index (χ2v) is 7.70. The first-order valence-electron chi connectivity index (χ1n) is 6.29. The van der Waals surface area contributed by atoms with Gasteiger partial charge in [-0.05, 0) is 18.1 Å². The molecule has 0 aliphatic carbocycles. The van der Waals surface area contributed by atoms with Crippen LogP contribution in [0, 0.1) is 5.92 Å². The van der Waals surface area contributed by atoms with Crippen LogP contribution in [0.1, 0.15) is 13.8 Å². The molecule has 0 aliphatic heterocycles. The number of sulfonamides is 1. The van der Waals surface area contributed by atoms with E-state index in [-0.39, 0.29) is 29.4 Å². The Morgan fingerprint density at radius 3 is 2.40 bits per heavy atom. The molecule has 1 aromatic rings. The van der Waals surface area contributed by atoms with Crippen molar-refractivity contribution < 1.29 is 13.2 Å². The zero-order valence-electron chi connectivity index (χ0n) is 11.6. The molecular formula is C13H20N2O3S2. The third kappa shape index (κ3) is 6.40. The second kappa shape index (κ2) is 7.66. The van der Waals surface area contributed by atoms with E-state index in [9.17, 15) is 13.2 Å². The monoisotopic (exact) mass is 316 g/mol. The molecule has 1 amide bonds. The number of nitrogens with two attached hydrogens (primary N) is 1. The molecule has 0 heterocycles. The maximum absolute atomic E-state index is 12.1. The summed E-state index contributed by atoms with van der Waals surface area (Å²) in [6.07, 6.45) is 0. The van der Waals surface area contributed by atoms with Gasteiger partial charge in [0.2, 0.25) is 15.9 Å². The van der Waals surface area contributed by atoms with Crippen LogP contribution in [0.25, 0.3) is 0 Å². The summed E-state index contributed by atoms with van der Waals surface area (Å²) in [5, 5.41) is 7.25. The van der Waals surface area contributed by atoms with Gasteiger partial charge in [0.25, 0.3) is 0 Å². The van der Waals surface area contributed by atoms with Crippen molar-refractivity contribution in [2.45, 2.75) is 24.0 Å². The van der Waals surface area contributed by atoms with E-state index in [4.69, 9.17) is 5.14 Å². The molecule has 0 aliphatic rings. The highest BCUT2D eigenvalue weighted by Crippen LogP contribution is 2.27. The van der Waals surface area contributed by atoms with E-state index >= 15 is 0 Å². The summed E-state index contributed by atoms with van der Waals surface area (Å²) >= 11 is 1.47. The molecule has 0 saturated heterocycles. The SMILES string of the molecule is CC(C)[C@@H](Sc1ccccc1)C(=O)NCCS(N)(=O)=O. The first-order valence-corrected chi connectivity index (χ1v) is 8.89. The van der Waals surface area contributed by atoms with Crippen LogP contribution in [-0.4, -0.2) is 31.9 Å². The van der Waals surface area contributed by atoms with Crippen molar-refractivity contribution in [3.8, 4) is 0 Å². The molecule has 0 unspecified atom stereocenters. The molecule has 112 valence electrons. The molecule has 0 fully saturated rings. The van der Waals surface area contributed by atoms with Gasteiger partial charge in [-0.1, -0.05) is 32.0 Å². The topological polar surface area (TPSA) is 89.3 Å². The van der Waals surface area contributed by atoms with E-state index in [1.807, 2.05) is 44.2 Å². The lowest BCUT2D eigenvalue weighted by Crippen LogP contribution is -2.39. The summed E-state index contributed by atoms with van der Waals surface area (Å²) in [5.74, 6) is -0.285.